The molecule has 1 aromatic carbocycles. The molecule has 0 saturated heterocycles. The van der Waals surface area contributed by atoms with Crippen LogP contribution in [0.5, 0.6) is 0 Å². The Kier molecular flexibility index (Phi) is 8.00. The van der Waals surface area contributed by atoms with Crippen LogP contribution in [0.15, 0.2) is 18.2 Å². The number of nitrogens with two attached hydrogens (primary N) is 1. The first-order valence-corrected chi connectivity index (χ1v) is 6.31. The topological polar surface area (TPSA) is 84.2 Å². The number of carbonyl (C=O) groups is 2. The van der Waals surface area contributed by atoms with Gasteiger partial charge in [-0.2, -0.15) is 0 Å². The van der Waals surface area contributed by atoms with Crippen LogP contribution in [0.25, 0.3) is 0 Å². The van der Waals surface area contributed by atoms with Crippen LogP contribution < -0.4 is 16.4 Å². The van der Waals surface area contributed by atoms with Gasteiger partial charge in [-0.05, 0) is 31.0 Å². The number of nitrogens with one attached hydrogen (secondary N) is 2. The summed E-state index contributed by atoms with van der Waals surface area (Å²) in [6, 6.07) is 5.91. The second kappa shape index (κ2) is 8.97. The first-order chi connectivity index (χ1) is 8.92. The zero-order valence-corrected chi connectivity index (χ0v) is 12.0. The number of amides is 2. The number of hydrogen-bond donors (Lipinski definition) is 3. The molecule has 0 aromatic heterocycles. The Balaban J connectivity index is 0.000000711. The number of hydrogen-bond acceptors (Lipinski definition) is 3. The van der Waals surface area contributed by atoms with E-state index in [-0.39, 0.29) is 11.8 Å². The molecule has 0 unspecified atom stereocenters. The van der Waals surface area contributed by atoms with Gasteiger partial charge in [0.25, 0.3) is 0 Å². The highest BCUT2D eigenvalue weighted by molar-refractivity contribution is 5.90. The number of carbonyl (C=O) groups excluding carboxylic acids is 2. The lowest BCUT2D eigenvalue weighted by molar-refractivity contribution is -0.116. The summed E-state index contributed by atoms with van der Waals surface area (Å²) in [5.41, 5.74) is 7.64. The third-order valence-electron chi connectivity index (χ3n) is 2.21. The third-order valence-corrected chi connectivity index (χ3v) is 2.21. The van der Waals surface area contributed by atoms with Crippen molar-refractivity contribution in [2.45, 2.75) is 34.1 Å². The molecule has 19 heavy (non-hydrogen) atoms. The lowest BCUT2D eigenvalue weighted by Gasteiger charge is -2.14. The van der Waals surface area contributed by atoms with Gasteiger partial charge in [0.05, 0.1) is 0 Å². The van der Waals surface area contributed by atoms with Gasteiger partial charge in [-0.3, -0.25) is 9.59 Å². The molecule has 1 rings (SSSR count). The van der Waals surface area contributed by atoms with Crippen LogP contribution in [0.2, 0.25) is 0 Å². The van der Waals surface area contributed by atoms with Crippen LogP contribution in [0.1, 0.15) is 33.3 Å². The predicted octanol–water partition coefficient (Wildman–Crippen LogP) is 2.13. The van der Waals surface area contributed by atoms with Crippen molar-refractivity contribution in [2.24, 2.45) is 5.73 Å². The van der Waals surface area contributed by atoms with E-state index in [2.05, 4.69) is 30.2 Å². The molecule has 0 radical (unpaired) electrons. The van der Waals surface area contributed by atoms with E-state index in [1.807, 2.05) is 18.2 Å². The quantitative estimate of drug-likeness (QED) is 0.779. The minimum atomic E-state index is -0.333. The molecule has 4 N–H and O–H groups in total. The first-order valence-electron chi connectivity index (χ1n) is 6.31. The van der Waals surface area contributed by atoms with Crippen molar-refractivity contribution in [3.05, 3.63) is 23.8 Å². The average Bonchev–Trinajstić information content (AvgIpc) is 2.28. The van der Waals surface area contributed by atoms with Crippen LogP contribution in [0.4, 0.5) is 11.4 Å². The molecule has 0 atom stereocenters. The Hall–Kier alpha value is -2.04. The highest BCUT2D eigenvalue weighted by Gasteiger charge is 2.06. The Morgan fingerprint density at radius 2 is 1.68 bits per heavy atom. The van der Waals surface area contributed by atoms with Gasteiger partial charge in [0.2, 0.25) is 11.8 Å². The number of rotatable bonds is 4. The van der Waals surface area contributed by atoms with Gasteiger partial charge < -0.3 is 16.4 Å². The van der Waals surface area contributed by atoms with Crippen LogP contribution in [-0.2, 0) is 16.0 Å². The number of anilines is 2. The summed E-state index contributed by atoms with van der Waals surface area (Å²) in [5, 5.41) is 6.13. The molecule has 0 aliphatic carbocycles. The Morgan fingerprint density at radius 3 is 2.11 bits per heavy atom. The van der Waals surface area contributed by atoms with E-state index in [0.29, 0.717) is 0 Å². The van der Waals surface area contributed by atoms with Crippen molar-refractivity contribution in [3.63, 3.8) is 0 Å². The van der Waals surface area contributed by atoms with Crippen molar-refractivity contribution >= 4 is 23.2 Å². The maximum Gasteiger partial charge on any atom is 0.221 e. The molecule has 5 nitrogen and oxygen atoms in total. The third kappa shape index (κ3) is 7.08. The molecular weight excluding hydrogens is 242 g/mol. The van der Waals surface area contributed by atoms with E-state index in [1.165, 1.54) is 13.8 Å². The van der Waals surface area contributed by atoms with Crippen LogP contribution in [-0.4, -0.2) is 18.4 Å². The number of primary amides is 1. The van der Waals surface area contributed by atoms with E-state index in [4.69, 9.17) is 0 Å². The Bertz CT molecular complexity index is 427. The molecule has 0 saturated carbocycles. The maximum atomic E-state index is 11.0. The Labute approximate surface area is 114 Å². The van der Waals surface area contributed by atoms with Crippen molar-refractivity contribution in [1.29, 1.82) is 0 Å². The maximum absolute atomic E-state index is 11.0. The molecule has 0 spiro atoms. The minimum absolute atomic E-state index is 0.0293. The van der Waals surface area contributed by atoms with E-state index in [9.17, 15) is 9.59 Å². The smallest absolute Gasteiger partial charge is 0.221 e. The van der Waals surface area contributed by atoms with Crippen molar-refractivity contribution in [3.8, 4) is 0 Å². The van der Waals surface area contributed by atoms with Crippen molar-refractivity contribution < 1.29 is 9.59 Å². The van der Waals surface area contributed by atoms with Crippen LogP contribution in [0, 0.1) is 0 Å². The van der Waals surface area contributed by atoms with E-state index in [1.54, 1.807) is 0 Å². The summed E-state index contributed by atoms with van der Waals surface area (Å²) in [4.78, 5) is 20.2. The van der Waals surface area contributed by atoms with Gasteiger partial charge in [0, 0.05) is 31.8 Å². The fourth-order valence-corrected chi connectivity index (χ4v) is 1.63. The zero-order valence-electron chi connectivity index (χ0n) is 12.0. The van der Waals surface area contributed by atoms with Gasteiger partial charge >= 0.3 is 0 Å². The van der Waals surface area contributed by atoms with E-state index in [0.717, 1.165) is 29.9 Å². The summed E-state index contributed by atoms with van der Waals surface area (Å²) < 4.78 is 0. The minimum Gasteiger partial charge on any atom is -0.385 e. The van der Waals surface area contributed by atoms with Gasteiger partial charge in [0.1, 0.15) is 0 Å². The van der Waals surface area contributed by atoms with Gasteiger partial charge in [-0.1, -0.05) is 13.0 Å². The molecule has 0 heterocycles. The average molecular weight is 265 g/mol. The van der Waals surface area contributed by atoms with Crippen molar-refractivity contribution in [2.75, 3.05) is 17.2 Å². The second-order valence-corrected chi connectivity index (χ2v) is 4.01. The molecule has 0 aliphatic heterocycles. The highest BCUT2D eigenvalue weighted by atomic mass is 16.1. The summed E-state index contributed by atoms with van der Waals surface area (Å²) in [6.07, 6.45) is 0.902. The lowest BCUT2D eigenvalue weighted by atomic mass is 10.1. The standard InChI is InChI=1S/C12H18N2O.C2H5NO/c1-4-10-11(13-5-2)7-6-8-12(10)14-9(3)15;1-2(3)4/h6-8,13H,4-5H2,1-3H3,(H,14,15);1H3,(H2,3,4). The summed E-state index contributed by atoms with van der Waals surface area (Å²) in [5.74, 6) is -0.363. The van der Waals surface area contributed by atoms with E-state index >= 15 is 0 Å². The predicted molar refractivity (Wildman–Crippen MR) is 79.2 cm³/mol. The summed E-state index contributed by atoms with van der Waals surface area (Å²) in [6.45, 7) is 7.86. The van der Waals surface area contributed by atoms with Gasteiger partial charge in [-0.25, -0.2) is 0 Å². The normalized spacial score (nSPS) is 9.05. The molecule has 0 aliphatic rings. The van der Waals surface area contributed by atoms with Crippen LogP contribution >= 0.6 is 0 Å². The largest absolute Gasteiger partial charge is 0.385 e. The van der Waals surface area contributed by atoms with E-state index < -0.39 is 0 Å². The molecule has 5 heteroatoms. The zero-order chi connectivity index (χ0) is 14.8. The summed E-state index contributed by atoms with van der Waals surface area (Å²) in [7, 11) is 0. The van der Waals surface area contributed by atoms with Crippen LogP contribution in [0.3, 0.4) is 0 Å². The monoisotopic (exact) mass is 265 g/mol. The summed E-state index contributed by atoms with van der Waals surface area (Å²) >= 11 is 0. The van der Waals surface area contributed by atoms with Crippen molar-refractivity contribution in [1.82, 2.24) is 0 Å². The first kappa shape index (κ1) is 17.0. The fourth-order valence-electron chi connectivity index (χ4n) is 1.63. The molecule has 0 bridgehead atoms. The van der Waals surface area contributed by atoms with Gasteiger partial charge in [-0.15, -0.1) is 0 Å². The molecule has 1 aromatic rings. The fraction of sp³-hybridized carbons (Fsp3) is 0.429. The van der Waals surface area contributed by atoms with Gasteiger partial charge in [0.15, 0.2) is 0 Å². The number of benzene rings is 1. The second-order valence-electron chi connectivity index (χ2n) is 4.01. The molecular formula is C14H23N3O2. The SMILES string of the molecule is CC(N)=O.CCNc1cccc(NC(C)=O)c1CC. The Morgan fingerprint density at radius 1 is 1.16 bits per heavy atom. The molecule has 0 fully saturated rings. The molecule has 106 valence electrons. The lowest BCUT2D eigenvalue weighted by Crippen LogP contribution is -2.10. The highest BCUT2D eigenvalue weighted by Crippen LogP contribution is 2.24. The molecule has 2 amide bonds.